The molecule has 0 unspecified atom stereocenters. The van der Waals surface area contributed by atoms with Crippen LogP contribution in [-0.2, 0) is 6.61 Å². The summed E-state index contributed by atoms with van der Waals surface area (Å²) in [5, 5.41) is 10.5. The number of carboxylic acids is 1. The minimum Gasteiger partial charge on any atom is -0.490 e. The molecule has 2 rings (SSSR count). The molecule has 0 amide bonds. The summed E-state index contributed by atoms with van der Waals surface area (Å²) >= 11 is 1.09. The Morgan fingerprint density at radius 1 is 1.32 bits per heavy atom. The maximum atomic E-state index is 10.7. The van der Waals surface area contributed by atoms with Crippen molar-refractivity contribution in [1.29, 1.82) is 0 Å². The van der Waals surface area contributed by atoms with Crippen molar-refractivity contribution in [3.63, 3.8) is 0 Å². The van der Waals surface area contributed by atoms with Crippen LogP contribution in [0.1, 0.15) is 22.4 Å². The Balaban J connectivity index is 2.03. The van der Waals surface area contributed by atoms with E-state index >= 15 is 0 Å². The molecule has 0 fully saturated rings. The first-order valence-corrected chi connectivity index (χ1v) is 6.61. The van der Waals surface area contributed by atoms with E-state index in [0.29, 0.717) is 23.8 Å². The molecule has 0 saturated carbocycles. The van der Waals surface area contributed by atoms with Crippen LogP contribution in [0.4, 0.5) is 0 Å². The van der Waals surface area contributed by atoms with E-state index in [9.17, 15) is 4.79 Å². The van der Waals surface area contributed by atoms with Crippen LogP contribution in [0.3, 0.4) is 0 Å². The van der Waals surface area contributed by atoms with Crippen molar-refractivity contribution in [2.45, 2.75) is 13.5 Å². The third-order valence-electron chi connectivity index (χ3n) is 2.26. The number of ether oxygens (including phenoxy) is 2. The van der Waals surface area contributed by atoms with Crippen LogP contribution in [-0.4, -0.2) is 22.7 Å². The summed E-state index contributed by atoms with van der Waals surface area (Å²) in [5.74, 6) is 0.263. The van der Waals surface area contributed by atoms with E-state index in [0.717, 1.165) is 11.3 Å². The molecule has 2 aromatic rings. The van der Waals surface area contributed by atoms with Gasteiger partial charge in [-0.15, -0.1) is 11.3 Å². The third kappa shape index (κ3) is 3.45. The zero-order chi connectivity index (χ0) is 13.7. The monoisotopic (exact) mass is 279 g/mol. The molecule has 1 aromatic carbocycles. The second kappa shape index (κ2) is 6.19. The molecule has 5 nitrogen and oxygen atoms in total. The Kier molecular flexibility index (Phi) is 4.35. The molecule has 0 saturated heterocycles. The van der Waals surface area contributed by atoms with Crippen LogP contribution in [0.2, 0.25) is 0 Å². The van der Waals surface area contributed by atoms with Gasteiger partial charge in [-0.2, -0.15) is 0 Å². The summed E-state index contributed by atoms with van der Waals surface area (Å²) in [6.45, 7) is 2.67. The normalized spacial score (nSPS) is 10.2. The predicted molar refractivity (Wildman–Crippen MR) is 71.0 cm³/mol. The second-order valence-electron chi connectivity index (χ2n) is 3.62. The van der Waals surface area contributed by atoms with Crippen LogP contribution < -0.4 is 9.47 Å². The highest BCUT2D eigenvalue weighted by Crippen LogP contribution is 2.27. The minimum absolute atomic E-state index is 0.0664. The molecular formula is C13H13NO4S. The van der Waals surface area contributed by atoms with E-state index < -0.39 is 5.97 Å². The highest BCUT2D eigenvalue weighted by molar-refractivity contribution is 7.11. The van der Waals surface area contributed by atoms with Gasteiger partial charge in [0.1, 0.15) is 6.61 Å². The molecule has 6 heteroatoms. The van der Waals surface area contributed by atoms with Gasteiger partial charge in [0, 0.05) is 5.38 Å². The van der Waals surface area contributed by atoms with Crippen molar-refractivity contribution in [3.8, 4) is 11.5 Å². The zero-order valence-electron chi connectivity index (χ0n) is 10.3. The maximum absolute atomic E-state index is 10.7. The van der Waals surface area contributed by atoms with Gasteiger partial charge in [-0.05, 0) is 19.1 Å². The average Bonchev–Trinajstić information content (AvgIpc) is 2.87. The van der Waals surface area contributed by atoms with E-state index in [2.05, 4.69) is 4.98 Å². The fourth-order valence-corrected chi connectivity index (χ4v) is 2.11. The standard InChI is InChI=1S/C13H13NO4S/c1-2-17-10-5-3-4-6-11(10)18-7-9-8-19-12(14-9)13(15)16/h3-6,8H,2,7H2,1H3,(H,15,16). The van der Waals surface area contributed by atoms with Crippen LogP contribution in [0.15, 0.2) is 29.6 Å². The van der Waals surface area contributed by atoms with Gasteiger partial charge >= 0.3 is 5.97 Å². The van der Waals surface area contributed by atoms with Gasteiger partial charge in [0.15, 0.2) is 11.5 Å². The first-order valence-electron chi connectivity index (χ1n) is 5.73. The number of para-hydroxylation sites is 2. The van der Waals surface area contributed by atoms with E-state index in [4.69, 9.17) is 14.6 Å². The summed E-state index contributed by atoms with van der Waals surface area (Å²) < 4.78 is 11.0. The molecule has 0 atom stereocenters. The number of nitrogens with zero attached hydrogens (tertiary/aromatic N) is 1. The number of hydrogen-bond acceptors (Lipinski definition) is 5. The number of thiazole rings is 1. The van der Waals surface area contributed by atoms with Gasteiger partial charge in [-0.3, -0.25) is 0 Å². The summed E-state index contributed by atoms with van der Waals surface area (Å²) in [4.78, 5) is 14.7. The van der Waals surface area contributed by atoms with Crippen LogP contribution in [0, 0.1) is 0 Å². The first-order chi connectivity index (χ1) is 9.20. The summed E-state index contributed by atoms with van der Waals surface area (Å²) in [5.41, 5.74) is 0.591. The van der Waals surface area contributed by atoms with Gasteiger partial charge in [0.05, 0.1) is 12.3 Å². The van der Waals surface area contributed by atoms with Gasteiger partial charge in [-0.1, -0.05) is 12.1 Å². The van der Waals surface area contributed by atoms with Crippen molar-refractivity contribution in [2.75, 3.05) is 6.61 Å². The Hall–Kier alpha value is -2.08. The molecule has 0 aliphatic carbocycles. The zero-order valence-corrected chi connectivity index (χ0v) is 11.1. The van der Waals surface area contributed by atoms with Crippen LogP contribution >= 0.6 is 11.3 Å². The van der Waals surface area contributed by atoms with E-state index in [-0.39, 0.29) is 11.6 Å². The largest absolute Gasteiger partial charge is 0.490 e. The molecule has 0 aliphatic heterocycles. The molecule has 0 spiro atoms. The highest BCUT2D eigenvalue weighted by Gasteiger charge is 2.10. The quantitative estimate of drug-likeness (QED) is 0.880. The van der Waals surface area contributed by atoms with Crippen molar-refractivity contribution in [1.82, 2.24) is 4.98 Å². The summed E-state index contributed by atoms with van der Waals surface area (Å²) in [6.07, 6.45) is 0. The van der Waals surface area contributed by atoms with Crippen molar-refractivity contribution >= 4 is 17.3 Å². The number of rotatable bonds is 6. The van der Waals surface area contributed by atoms with Crippen molar-refractivity contribution in [3.05, 3.63) is 40.3 Å². The van der Waals surface area contributed by atoms with Crippen LogP contribution in [0.5, 0.6) is 11.5 Å². The molecule has 0 aliphatic rings. The summed E-state index contributed by atoms with van der Waals surface area (Å²) in [6, 6.07) is 7.34. The van der Waals surface area contributed by atoms with E-state index in [1.807, 2.05) is 25.1 Å². The lowest BCUT2D eigenvalue weighted by Crippen LogP contribution is -2.01. The van der Waals surface area contributed by atoms with Gasteiger partial charge in [0.2, 0.25) is 5.01 Å². The Morgan fingerprint density at radius 3 is 2.58 bits per heavy atom. The minimum atomic E-state index is -1.02. The van der Waals surface area contributed by atoms with E-state index in [1.54, 1.807) is 11.4 Å². The lowest BCUT2D eigenvalue weighted by atomic mass is 10.3. The maximum Gasteiger partial charge on any atom is 0.365 e. The second-order valence-corrected chi connectivity index (χ2v) is 4.48. The molecule has 0 bridgehead atoms. The number of carbonyl (C=O) groups is 1. The average molecular weight is 279 g/mol. The number of aromatic carboxylic acids is 1. The predicted octanol–water partition coefficient (Wildman–Crippen LogP) is 2.82. The molecule has 1 heterocycles. The first kappa shape index (κ1) is 13.4. The van der Waals surface area contributed by atoms with Gasteiger partial charge in [0.25, 0.3) is 0 Å². The van der Waals surface area contributed by atoms with Crippen molar-refractivity contribution in [2.24, 2.45) is 0 Å². The Morgan fingerprint density at radius 2 is 2.00 bits per heavy atom. The number of hydrogen-bond donors (Lipinski definition) is 1. The van der Waals surface area contributed by atoms with Gasteiger partial charge < -0.3 is 14.6 Å². The topological polar surface area (TPSA) is 68.7 Å². The molecule has 1 aromatic heterocycles. The Bertz CT molecular complexity index is 567. The van der Waals surface area contributed by atoms with E-state index in [1.165, 1.54) is 0 Å². The number of benzene rings is 1. The third-order valence-corrected chi connectivity index (χ3v) is 3.14. The fourth-order valence-electron chi connectivity index (χ4n) is 1.47. The molecule has 0 radical (unpaired) electrons. The molecule has 100 valence electrons. The molecular weight excluding hydrogens is 266 g/mol. The highest BCUT2D eigenvalue weighted by atomic mass is 32.1. The smallest absolute Gasteiger partial charge is 0.365 e. The fraction of sp³-hybridized carbons (Fsp3) is 0.231. The summed E-state index contributed by atoms with van der Waals surface area (Å²) in [7, 11) is 0. The molecule has 1 N–H and O–H groups in total. The SMILES string of the molecule is CCOc1ccccc1OCc1csc(C(=O)O)n1. The van der Waals surface area contributed by atoms with Gasteiger partial charge in [-0.25, -0.2) is 9.78 Å². The number of aromatic nitrogens is 1. The van der Waals surface area contributed by atoms with Crippen LogP contribution in [0.25, 0.3) is 0 Å². The lowest BCUT2D eigenvalue weighted by molar-refractivity contribution is 0.0696. The molecule has 19 heavy (non-hydrogen) atoms. The van der Waals surface area contributed by atoms with Crippen molar-refractivity contribution < 1.29 is 19.4 Å². The number of carboxylic acid groups (broad SMARTS) is 1. The Labute approximate surface area is 114 Å². The lowest BCUT2D eigenvalue weighted by Gasteiger charge is -2.10.